The van der Waals surface area contributed by atoms with Crippen molar-refractivity contribution in [3.05, 3.63) is 29.8 Å². The molecule has 0 N–H and O–H groups in total. The predicted molar refractivity (Wildman–Crippen MR) is 61.9 cm³/mol. The Labute approximate surface area is 95.4 Å². The van der Waals surface area contributed by atoms with Gasteiger partial charge < -0.3 is 4.74 Å². The van der Waals surface area contributed by atoms with Crippen LogP contribution in [0, 0.1) is 0 Å². The molecule has 0 heterocycles. The lowest BCUT2D eigenvalue weighted by atomic mass is 10.1. The number of rotatable bonds is 6. The molecule has 3 nitrogen and oxygen atoms in total. The maximum Gasteiger partial charge on any atom is 0.169 e. The predicted octanol–water partition coefficient (Wildman–Crippen LogP) is 2.64. The molecule has 0 aromatic heterocycles. The number of carbonyl (C=O) groups excluding carboxylic acids is 2. The van der Waals surface area contributed by atoms with Gasteiger partial charge in [-0.05, 0) is 24.3 Å². The van der Waals surface area contributed by atoms with Crippen LogP contribution in [-0.4, -0.2) is 18.2 Å². The van der Waals surface area contributed by atoms with E-state index in [0.717, 1.165) is 0 Å². The minimum Gasteiger partial charge on any atom is -0.486 e. The van der Waals surface area contributed by atoms with Gasteiger partial charge in [-0.2, -0.15) is 0 Å². The van der Waals surface area contributed by atoms with Crippen molar-refractivity contribution in [3.63, 3.8) is 0 Å². The van der Waals surface area contributed by atoms with Gasteiger partial charge in [-0.15, -0.1) is 0 Å². The minimum atomic E-state index is 0.0636. The van der Waals surface area contributed by atoms with E-state index in [1.54, 1.807) is 31.2 Å². The molecular formula is C13H16O3. The van der Waals surface area contributed by atoms with Crippen molar-refractivity contribution in [2.75, 3.05) is 6.61 Å². The molecule has 1 aromatic carbocycles. The van der Waals surface area contributed by atoms with Crippen LogP contribution in [-0.2, 0) is 4.79 Å². The van der Waals surface area contributed by atoms with Crippen molar-refractivity contribution in [1.82, 2.24) is 0 Å². The molecule has 0 amide bonds. The first-order chi connectivity index (χ1) is 7.67. The van der Waals surface area contributed by atoms with E-state index >= 15 is 0 Å². The van der Waals surface area contributed by atoms with Crippen molar-refractivity contribution in [1.29, 1.82) is 0 Å². The smallest absolute Gasteiger partial charge is 0.169 e. The third kappa shape index (κ3) is 3.50. The molecular weight excluding hydrogens is 204 g/mol. The molecule has 0 atom stereocenters. The molecule has 0 unspecified atom stereocenters. The molecule has 1 aromatic rings. The summed E-state index contributed by atoms with van der Waals surface area (Å²) in [6, 6.07) is 6.87. The summed E-state index contributed by atoms with van der Waals surface area (Å²) in [6.45, 7) is 3.72. The Kier molecular flexibility index (Phi) is 4.70. The normalized spacial score (nSPS) is 9.88. The van der Waals surface area contributed by atoms with Gasteiger partial charge in [0.25, 0.3) is 0 Å². The summed E-state index contributed by atoms with van der Waals surface area (Å²) in [4.78, 5) is 22.4. The molecule has 0 aliphatic carbocycles. The summed E-state index contributed by atoms with van der Waals surface area (Å²) in [7, 11) is 0. The van der Waals surface area contributed by atoms with Crippen LogP contribution >= 0.6 is 0 Å². The summed E-state index contributed by atoms with van der Waals surface area (Å²) in [5, 5.41) is 0. The zero-order chi connectivity index (χ0) is 12.0. The van der Waals surface area contributed by atoms with Crippen molar-refractivity contribution < 1.29 is 14.3 Å². The molecule has 0 aliphatic rings. The fraction of sp³-hybridized carbons (Fsp3) is 0.385. The summed E-state index contributed by atoms with van der Waals surface area (Å²) in [6.07, 6.45) is 0.973. The molecule has 16 heavy (non-hydrogen) atoms. The molecule has 0 spiro atoms. The first-order valence-corrected chi connectivity index (χ1v) is 5.45. The lowest BCUT2D eigenvalue weighted by molar-refractivity contribution is -0.120. The zero-order valence-corrected chi connectivity index (χ0v) is 9.66. The van der Waals surface area contributed by atoms with Crippen LogP contribution in [0.5, 0.6) is 5.75 Å². The molecule has 0 aliphatic heterocycles. The highest BCUT2D eigenvalue weighted by Gasteiger charge is 2.03. The van der Waals surface area contributed by atoms with E-state index in [9.17, 15) is 9.59 Å². The lowest BCUT2D eigenvalue weighted by Gasteiger charge is -2.05. The highest BCUT2D eigenvalue weighted by Crippen LogP contribution is 2.13. The second-order valence-corrected chi connectivity index (χ2v) is 3.48. The number of hydrogen-bond donors (Lipinski definition) is 0. The fourth-order valence-electron chi connectivity index (χ4n) is 1.21. The van der Waals surface area contributed by atoms with Crippen molar-refractivity contribution in [3.8, 4) is 5.75 Å². The van der Waals surface area contributed by atoms with E-state index in [-0.39, 0.29) is 18.2 Å². The second-order valence-electron chi connectivity index (χ2n) is 3.48. The number of ketones is 2. The van der Waals surface area contributed by atoms with Gasteiger partial charge in [-0.25, -0.2) is 0 Å². The first-order valence-electron chi connectivity index (χ1n) is 5.45. The van der Waals surface area contributed by atoms with Gasteiger partial charge in [-0.1, -0.05) is 13.8 Å². The summed E-state index contributed by atoms with van der Waals surface area (Å²) >= 11 is 0. The van der Waals surface area contributed by atoms with Crippen LogP contribution in [0.2, 0.25) is 0 Å². The van der Waals surface area contributed by atoms with Gasteiger partial charge in [-0.3, -0.25) is 9.59 Å². The molecule has 1 rings (SSSR count). The molecule has 0 saturated heterocycles. The average molecular weight is 220 g/mol. The van der Waals surface area contributed by atoms with Gasteiger partial charge in [0.15, 0.2) is 11.6 Å². The molecule has 0 bridgehead atoms. The Morgan fingerprint density at radius 1 is 1.06 bits per heavy atom. The molecule has 0 saturated carbocycles. The second kappa shape index (κ2) is 6.05. The Morgan fingerprint density at radius 2 is 1.69 bits per heavy atom. The van der Waals surface area contributed by atoms with Gasteiger partial charge in [0.1, 0.15) is 12.4 Å². The number of ether oxygens (including phenoxy) is 1. The average Bonchev–Trinajstić information content (AvgIpc) is 2.35. The van der Waals surface area contributed by atoms with E-state index < -0.39 is 0 Å². The minimum absolute atomic E-state index is 0.0636. The van der Waals surface area contributed by atoms with Crippen molar-refractivity contribution in [2.24, 2.45) is 0 Å². The standard InChI is InChI=1S/C13H16O3/c1-3-11(14)9-16-12-7-5-10(6-8-12)13(15)4-2/h5-8H,3-4,9H2,1-2H3. The van der Waals surface area contributed by atoms with E-state index in [0.29, 0.717) is 24.2 Å². The third-order valence-corrected chi connectivity index (χ3v) is 2.29. The van der Waals surface area contributed by atoms with Crippen molar-refractivity contribution in [2.45, 2.75) is 26.7 Å². The van der Waals surface area contributed by atoms with E-state index in [4.69, 9.17) is 4.74 Å². The van der Waals surface area contributed by atoms with E-state index in [2.05, 4.69) is 0 Å². The Balaban J connectivity index is 2.58. The summed E-state index contributed by atoms with van der Waals surface area (Å²) in [5.74, 6) is 0.791. The largest absolute Gasteiger partial charge is 0.486 e. The number of hydrogen-bond acceptors (Lipinski definition) is 3. The van der Waals surface area contributed by atoms with Crippen LogP contribution in [0.25, 0.3) is 0 Å². The van der Waals surface area contributed by atoms with Gasteiger partial charge in [0, 0.05) is 18.4 Å². The quantitative estimate of drug-likeness (QED) is 0.692. The first kappa shape index (κ1) is 12.4. The Bertz CT molecular complexity index is 365. The van der Waals surface area contributed by atoms with Crippen LogP contribution in [0.15, 0.2) is 24.3 Å². The molecule has 86 valence electrons. The number of carbonyl (C=O) groups is 2. The highest BCUT2D eigenvalue weighted by atomic mass is 16.5. The maximum absolute atomic E-state index is 11.3. The zero-order valence-electron chi connectivity index (χ0n) is 9.66. The Morgan fingerprint density at radius 3 is 2.19 bits per heavy atom. The monoisotopic (exact) mass is 220 g/mol. The van der Waals surface area contributed by atoms with Gasteiger partial charge in [0.05, 0.1) is 0 Å². The van der Waals surface area contributed by atoms with E-state index in [1.807, 2.05) is 6.92 Å². The Hall–Kier alpha value is -1.64. The van der Waals surface area contributed by atoms with Crippen LogP contribution in [0.3, 0.4) is 0 Å². The van der Waals surface area contributed by atoms with Crippen LogP contribution < -0.4 is 4.74 Å². The van der Waals surface area contributed by atoms with Gasteiger partial charge in [0.2, 0.25) is 0 Å². The van der Waals surface area contributed by atoms with Gasteiger partial charge >= 0.3 is 0 Å². The van der Waals surface area contributed by atoms with Crippen molar-refractivity contribution >= 4 is 11.6 Å². The topological polar surface area (TPSA) is 43.4 Å². The summed E-state index contributed by atoms with van der Waals surface area (Å²) in [5.41, 5.74) is 0.677. The third-order valence-electron chi connectivity index (χ3n) is 2.29. The number of benzene rings is 1. The van der Waals surface area contributed by atoms with Crippen LogP contribution in [0.4, 0.5) is 0 Å². The SMILES string of the molecule is CCC(=O)COc1ccc(C(=O)CC)cc1. The van der Waals surface area contributed by atoms with Crippen LogP contribution in [0.1, 0.15) is 37.0 Å². The van der Waals surface area contributed by atoms with E-state index in [1.165, 1.54) is 0 Å². The number of Topliss-reactive ketones (excluding diaryl/α,β-unsaturated/α-hetero) is 2. The fourth-order valence-corrected chi connectivity index (χ4v) is 1.21. The maximum atomic E-state index is 11.3. The molecule has 3 heteroatoms. The lowest BCUT2D eigenvalue weighted by Crippen LogP contribution is -2.09. The molecule has 0 radical (unpaired) electrons. The summed E-state index contributed by atoms with van der Waals surface area (Å²) < 4.78 is 5.27. The highest BCUT2D eigenvalue weighted by molar-refractivity contribution is 5.95. The molecule has 0 fully saturated rings.